The average Bonchev–Trinajstić information content (AvgIpc) is 3.29. The number of amides is 1. The van der Waals surface area contributed by atoms with E-state index in [-0.39, 0.29) is 6.04 Å². The zero-order valence-corrected chi connectivity index (χ0v) is 20.7. The maximum atomic E-state index is 11.6. The van der Waals surface area contributed by atoms with Crippen molar-refractivity contribution in [1.82, 2.24) is 19.4 Å². The van der Waals surface area contributed by atoms with Crippen molar-refractivity contribution in [3.8, 4) is 0 Å². The highest BCUT2D eigenvalue weighted by Gasteiger charge is 2.26. The SMILES string of the molecule is CN(C(=O)O)c1nc2ccccc2n1CCCN1CCN(C(c2ccccc2)c2ccccc2)CC1. The van der Waals surface area contributed by atoms with Gasteiger partial charge >= 0.3 is 6.09 Å². The molecule has 7 heteroatoms. The number of imidazole rings is 1. The first-order valence-corrected chi connectivity index (χ1v) is 12.6. The first-order valence-electron chi connectivity index (χ1n) is 12.6. The number of carboxylic acid groups (broad SMARTS) is 1. The van der Waals surface area contributed by atoms with E-state index in [9.17, 15) is 9.90 Å². The highest BCUT2D eigenvalue weighted by Crippen LogP contribution is 2.29. The molecule has 1 N–H and O–H groups in total. The maximum absolute atomic E-state index is 11.6. The summed E-state index contributed by atoms with van der Waals surface area (Å²) in [6, 6.07) is 29.7. The fraction of sp³-hybridized carbons (Fsp3) is 0.310. The summed E-state index contributed by atoms with van der Waals surface area (Å²) in [5.41, 5.74) is 4.46. The van der Waals surface area contributed by atoms with Crippen LogP contribution < -0.4 is 4.90 Å². The van der Waals surface area contributed by atoms with Crippen LogP contribution in [0.4, 0.5) is 10.7 Å². The molecule has 2 heterocycles. The first kappa shape index (κ1) is 24.0. The van der Waals surface area contributed by atoms with Crippen molar-refractivity contribution < 1.29 is 9.90 Å². The Kier molecular flexibility index (Phi) is 7.30. The van der Waals surface area contributed by atoms with Crippen LogP contribution in [-0.4, -0.2) is 70.3 Å². The smallest absolute Gasteiger partial charge is 0.413 e. The van der Waals surface area contributed by atoms with E-state index < -0.39 is 6.09 Å². The minimum atomic E-state index is -1.01. The number of aromatic nitrogens is 2. The lowest BCUT2D eigenvalue weighted by atomic mass is 9.96. The monoisotopic (exact) mass is 483 g/mol. The van der Waals surface area contributed by atoms with Crippen molar-refractivity contribution in [2.24, 2.45) is 0 Å². The average molecular weight is 484 g/mol. The van der Waals surface area contributed by atoms with E-state index in [1.807, 2.05) is 28.8 Å². The zero-order chi connectivity index (χ0) is 24.9. The summed E-state index contributed by atoms with van der Waals surface area (Å²) >= 11 is 0. The van der Waals surface area contributed by atoms with Gasteiger partial charge in [-0.25, -0.2) is 9.78 Å². The van der Waals surface area contributed by atoms with E-state index in [0.717, 1.165) is 56.7 Å². The van der Waals surface area contributed by atoms with Crippen LogP contribution in [-0.2, 0) is 6.54 Å². The van der Waals surface area contributed by atoms with E-state index in [1.165, 1.54) is 16.0 Å². The quantitative estimate of drug-likeness (QED) is 0.384. The van der Waals surface area contributed by atoms with Gasteiger partial charge in [-0.3, -0.25) is 9.80 Å². The Labute approximate surface area is 212 Å². The second-order valence-electron chi connectivity index (χ2n) is 9.35. The van der Waals surface area contributed by atoms with Gasteiger partial charge in [0.2, 0.25) is 5.95 Å². The number of anilines is 1. The molecule has 3 aromatic carbocycles. The van der Waals surface area contributed by atoms with Gasteiger partial charge in [0.25, 0.3) is 0 Å². The summed E-state index contributed by atoms with van der Waals surface area (Å²) in [4.78, 5) is 22.5. The molecule has 0 aliphatic carbocycles. The van der Waals surface area contributed by atoms with Crippen molar-refractivity contribution >= 4 is 23.1 Å². The Hall–Kier alpha value is -3.68. The Bertz CT molecular complexity index is 1240. The van der Waals surface area contributed by atoms with Gasteiger partial charge in [-0.15, -0.1) is 0 Å². The van der Waals surface area contributed by atoms with Crippen LogP contribution >= 0.6 is 0 Å². The van der Waals surface area contributed by atoms with Crippen molar-refractivity contribution in [3.05, 3.63) is 96.1 Å². The molecular formula is C29H33N5O2. The molecule has 7 nitrogen and oxygen atoms in total. The molecule has 4 aromatic rings. The number of aryl methyl sites for hydroxylation is 1. The van der Waals surface area contributed by atoms with Gasteiger partial charge in [0.15, 0.2) is 0 Å². The molecule has 1 fully saturated rings. The third-order valence-electron chi connectivity index (χ3n) is 7.08. The molecule has 1 aliphatic heterocycles. The van der Waals surface area contributed by atoms with E-state index in [1.54, 1.807) is 7.05 Å². The standard InChI is InChI=1S/C29H33N5O2/c1-31(29(35)36)28-30-25-15-8-9-16-26(25)34(28)18-10-17-32-19-21-33(22-20-32)27(23-11-4-2-5-12-23)24-13-6-3-7-14-24/h2-9,11-16,27H,10,17-22H2,1H3,(H,35,36). The van der Waals surface area contributed by atoms with Crippen LogP contribution in [0.1, 0.15) is 23.6 Å². The summed E-state index contributed by atoms with van der Waals surface area (Å²) in [6.07, 6.45) is -0.0733. The second kappa shape index (κ2) is 10.9. The van der Waals surface area contributed by atoms with Crippen LogP contribution in [0.2, 0.25) is 0 Å². The largest absolute Gasteiger partial charge is 0.465 e. The number of carbonyl (C=O) groups is 1. The Morgan fingerprint density at radius 3 is 2.06 bits per heavy atom. The number of hydrogen-bond acceptors (Lipinski definition) is 4. The molecule has 1 aromatic heterocycles. The molecule has 5 rings (SSSR count). The first-order chi connectivity index (χ1) is 17.6. The fourth-order valence-electron chi connectivity index (χ4n) is 5.21. The molecule has 0 spiro atoms. The van der Waals surface area contributed by atoms with Gasteiger partial charge in [0.05, 0.1) is 17.1 Å². The summed E-state index contributed by atoms with van der Waals surface area (Å²) in [5, 5.41) is 9.51. The van der Waals surface area contributed by atoms with Gasteiger partial charge in [-0.05, 0) is 36.2 Å². The molecule has 0 radical (unpaired) electrons. The zero-order valence-electron chi connectivity index (χ0n) is 20.7. The lowest BCUT2D eigenvalue weighted by molar-refractivity contribution is 0.108. The molecule has 1 aliphatic rings. The predicted molar refractivity (Wildman–Crippen MR) is 144 cm³/mol. The van der Waals surface area contributed by atoms with Gasteiger partial charge in [0, 0.05) is 39.8 Å². The molecule has 0 unspecified atom stereocenters. The predicted octanol–water partition coefficient (Wildman–Crippen LogP) is 4.95. The minimum Gasteiger partial charge on any atom is -0.465 e. The number of benzene rings is 3. The highest BCUT2D eigenvalue weighted by atomic mass is 16.4. The van der Waals surface area contributed by atoms with Crippen LogP contribution in [0, 0.1) is 0 Å². The summed E-state index contributed by atoms with van der Waals surface area (Å²) in [7, 11) is 1.55. The van der Waals surface area contributed by atoms with E-state index in [2.05, 4.69) is 75.4 Å². The third kappa shape index (κ3) is 5.12. The number of fused-ring (bicyclic) bond motifs is 1. The molecule has 1 saturated heterocycles. The molecular weight excluding hydrogens is 450 g/mol. The number of para-hydroxylation sites is 2. The van der Waals surface area contributed by atoms with Crippen LogP contribution in [0.5, 0.6) is 0 Å². The topological polar surface area (TPSA) is 64.8 Å². The third-order valence-corrected chi connectivity index (χ3v) is 7.08. The molecule has 0 atom stereocenters. The van der Waals surface area contributed by atoms with Gasteiger partial charge in [0.1, 0.15) is 0 Å². The summed E-state index contributed by atoms with van der Waals surface area (Å²) in [5.74, 6) is 0.474. The fourth-order valence-corrected chi connectivity index (χ4v) is 5.21. The van der Waals surface area contributed by atoms with E-state index >= 15 is 0 Å². The lowest BCUT2D eigenvalue weighted by Crippen LogP contribution is -2.48. The molecule has 186 valence electrons. The van der Waals surface area contributed by atoms with Crippen molar-refractivity contribution in [3.63, 3.8) is 0 Å². The molecule has 36 heavy (non-hydrogen) atoms. The Morgan fingerprint density at radius 1 is 0.861 bits per heavy atom. The van der Waals surface area contributed by atoms with E-state index in [0.29, 0.717) is 5.95 Å². The molecule has 0 bridgehead atoms. The summed E-state index contributed by atoms with van der Waals surface area (Å²) < 4.78 is 2.03. The number of piperazine rings is 1. The van der Waals surface area contributed by atoms with Crippen molar-refractivity contribution in [2.75, 3.05) is 44.7 Å². The molecule has 0 saturated carbocycles. The van der Waals surface area contributed by atoms with Crippen molar-refractivity contribution in [2.45, 2.75) is 19.0 Å². The minimum absolute atomic E-state index is 0.265. The number of hydrogen-bond donors (Lipinski definition) is 1. The summed E-state index contributed by atoms with van der Waals surface area (Å²) in [6.45, 7) is 5.75. The van der Waals surface area contributed by atoms with E-state index in [4.69, 9.17) is 0 Å². The Morgan fingerprint density at radius 2 is 1.44 bits per heavy atom. The number of rotatable bonds is 8. The normalized spacial score (nSPS) is 14.9. The van der Waals surface area contributed by atoms with Crippen LogP contribution in [0.3, 0.4) is 0 Å². The van der Waals surface area contributed by atoms with Crippen molar-refractivity contribution in [1.29, 1.82) is 0 Å². The van der Waals surface area contributed by atoms with Gasteiger partial charge in [-0.2, -0.15) is 0 Å². The van der Waals surface area contributed by atoms with Gasteiger partial charge in [-0.1, -0.05) is 72.8 Å². The highest BCUT2D eigenvalue weighted by molar-refractivity contribution is 5.87. The van der Waals surface area contributed by atoms with Crippen LogP contribution in [0.15, 0.2) is 84.9 Å². The molecule has 1 amide bonds. The maximum Gasteiger partial charge on any atom is 0.413 e. The lowest BCUT2D eigenvalue weighted by Gasteiger charge is -2.40. The van der Waals surface area contributed by atoms with Crippen LogP contribution in [0.25, 0.3) is 11.0 Å². The Balaban J connectivity index is 1.23. The van der Waals surface area contributed by atoms with Gasteiger partial charge < -0.3 is 14.6 Å². The number of nitrogens with zero attached hydrogens (tertiary/aromatic N) is 5. The second-order valence-corrected chi connectivity index (χ2v) is 9.35.